The van der Waals surface area contributed by atoms with Gasteiger partial charge < -0.3 is 19.3 Å². The summed E-state index contributed by atoms with van der Waals surface area (Å²) in [6.07, 6.45) is 0. The molecule has 0 radical (unpaired) electrons. The van der Waals surface area contributed by atoms with Crippen LogP contribution in [0.1, 0.15) is 42.4 Å². The summed E-state index contributed by atoms with van der Waals surface area (Å²) in [6, 6.07) is 12.7. The number of imide groups is 1. The van der Waals surface area contributed by atoms with Gasteiger partial charge in [-0.05, 0) is 36.8 Å². The Balaban J connectivity index is 1.45. The number of amides is 3. The van der Waals surface area contributed by atoms with Crippen LogP contribution in [-0.2, 0) is 16.1 Å². The summed E-state index contributed by atoms with van der Waals surface area (Å²) in [5.41, 5.74) is 1.24. The Hall–Kier alpha value is -4.47. The first-order chi connectivity index (χ1) is 15.9. The molecule has 2 aromatic carbocycles. The van der Waals surface area contributed by atoms with Crippen LogP contribution in [0.4, 0.5) is 5.82 Å². The number of rotatable bonds is 7. The largest absolute Gasteiger partial charge is 0.496 e. The predicted molar refractivity (Wildman–Crippen MR) is 114 cm³/mol. The van der Waals surface area contributed by atoms with Gasteiger partial charge in [0, 0.05) is 6.07 Å². The van der Waals surface area contributed by atoms with Crippen LogP contribution >= 0.6 is 0 Å². The molecule has 0 atom stereocenters. The van der Waals surface area contributed by atoms with E-state index in [0.717, 1.165) is 4.90 Å². The minimum Gasteiger partial charge on any atom is -0.496 e. The van der Waals surface area contributed by atoms with Crippen molar-refractivity contribution >= 4 is 29.5 Å². The number of aromatic nitrogens is 1. The van der Waals surface area contributed by atoms with Gasteiger partial charge >= 0.3 is 5.97 Å². The molecule has 0 spiro atoms. The molecule has 0 saturated heterocycles. The predicted octanol–water partition coefficient (Wildman–Crippen LogP) is 2.58. The SMILES string of the molecule is COc1ccc(CN2C(=O)c3ccccc3C2=O)cc1C(=O)OCC(=O)Nc1cc(C)on1. The lowest BCUT2D eigenvalue weighted by Gasteiger charge is -2.16. The van der Waals surface area contributed by atoms with E-state index in [1.165, 1.54) is 25.3 Å². The van der Waals surface area contributed by atoms with Crippen LogP contribution in [0, 0.1) is 6.92 Å². The van der Waals surface area contributed by atoms with Crippen LogP contribution in [0.5, 0.6) is 5.75 Å². The summed E-state index contributed by atoms with van der Waals surface area (Å²) in [7, 11) is 1.38. The number of nitrogens with one attached hydrogen (secondary N) is 1. The summed E-state index contributed by atoms with van der Waals surface area (Å²) in [5.74, 6) is -1.28. The summed E-state index contributed by atoms with van der Waals surface area (Å²) < 4.78 is 15.2. The molecular formula is C23H19N3O7. The zero-order valence-electron chi connectivity index (χ0n) is 17.8. The summed E-state index contributed by atoms with van der Waals surface area (Å²) in [4.78, 5) is 51.0. The third-order valence-corrected chi connectivity index (χ3v) is 4.93. The third kappa shape index (κ3) is 4.45. The van der Waals surface area contributed by atoms with Crippen molar-refractivity contribution in [1.29, 1.82) is 0 Å². The number of fused-ring (bicyclic) bond motifs is 1. The Morgan fingerprint density at radius 1 is 1.06 bits per heavy atom. The quantitative estimate of drug-likeness (QED) is 0.431. The number of ether oxygens (including phenoxy) is 2. The third-order valence-electron chi connectivity index (χ3n) is 4.93. The number of hydrogen-bond acceptors (Lipinski definition) is 8. The van der Waals surface area contributed by atoms with E-state index in [1.54, 1.807) is 37.3 Å². The highest BCUT2D eigenvalue weighted by molar-refractivity contribution is 6.21. The maximum atomic E-state index is 12.6. The molecular weight excluding hydrogens is 430 g/mol. The van der Waals surface area contributed by atoms with Gasteiger partial charge in [0.25, 0.3) is 17.7 Å². The van der Waals surface area contributed by atoms with Gasteiger partial charge in [-0.1, -0.05) is 23.4 Å². The Labute approximate surface area is 188 Å². The molecule has 10 nitrogen and oxygen atoms in total. The molecule has 3 amide bonds. The minimum absolute atomic E-state index is 0.0391. The van der Waals surface area contributed by atoms with Crippen molar-refractivity contribution in [2.75, 3.05) is 19.0 Å². The normalized spacial score (nSPS) is 12.5. The summed E-state index contributed by atoms with van der Waals surface area (Å²) in [6.45, 7) is 1.07. The molecule has 1 aliphatic heterocycles. The van der Waals surface area contributed by atoms with E-state index in [2.05, 4.69) is 10.5 Å². The second kappa shape index (κ2) is 8.95. The number of hydrogen-bond donors (Lipinski definition) is 1. The zero-order chi connectivity index (χ0) is 23.5. The molecule has 10 heteroatoms. The number of methoxy groups -OCH3 is 1. The smallest absolute Gasteiger partial charge is 0.342 e. The molecule has 4 rings (SSSR count). The average Bonchev–Trinajstić information content (AvgIpc) is 3.33. The summed E-state index contributed by atoms with van der Waals surface area (Å²) >= 11 is 0. The fourth-order valence-corrected chi connectivity index (χ4v) is 3.39. The fourth-order valence-electron chi connectivity index (χ4n) is 3.39. The second-order valence-corrected chi connectivity index (χ2v) is 7.22. The Kier molecular flexibility index (Phi) is 5.90. The molecule has 3 aromatic rings. The molecule has 168 valence electrons. The number of benzene rings is 2. The fraction of sp³-hybridized carbons (Fsp3) is 0.174. The highest BCUT2D eigenvalue weighted by Crippen LogP contribution is 2.26. The van der Waals surface area contributed by atoms with Gasteiger partial charge in [-0.2, -0.15) is 0 Å². The molecule has 1 N–H and O–H groups in total. The van der Waals surface area contributed by atoms with Crippen molar-refractivity contribution in [1.82, 2.24) is 10.1 Å². The van der Waals surface area contributed by atoms with Gasteiger partial charge in [-0.3, -0.25) is 19.3 Å². The topological polar surface area (TPSA) is 128 Å². The lowest BCUT2D eigenvalue weighted by molar-refractivity contribution is -0.119. The van der Waals surface area contributed by atoms with Gasteiger partial charge in [0.05, 0.1) is 24.8 Å². The van der Waals surface area contributed by atoms with Crippen molar-refractivity contribution in [3.05, 3.63) is 76.5 Å². The minimum atomic E-state index is -0.803. The van der Waals surface area contributed by atoms with Gasteiger partial charge in [-0.15, -0.1) is 0 Å². The zero-order valence-corrected chi connectivity index (χ0v) is 17.8. The van der Waals surface area contributed by atoms with Gasteiger partial charge in [0.2, 0.25) is 0 Å². The number of esters is 1. The van der Waals surface area contributed by atoms with Crippen LogP contribution in [0.3, 0.4) is 0 Å². The molecule has 0 fully saturated rings. The molecule has 0 bridgehead atoms. The van der Waals surface area contributed by atoms with Crippen molar-refractivity contribution in [3.8, 4) is 5.75 Å². The van der Waals surface area contributed by atoms with Crippen molar-refractivity contribution < 1.29 is 33.2 Å². The average molecular weight is 449 g/mol. The highest BCUT2D eigenvalue weighted by atomic mass is 16.5. The lowest BCUT2D eigenvalue weighted by atomic mass is 10.1. The van der Waals surface area contributed by atoms with E-state index >= 15 is 0 Å². The number of nitrogens with zero attached hydrogens (tertiary/aromatic N) is 2. The van der Waals surface area contributed by atoms with E-state index in [9.17, 15) is 19.2 Å². The van der Waals surface area contributed by atoms with E-state index < -0.39 is 30.3 Å². The molecule has 2 heterocycles. The molecule has 0 aliphatic carbocycles. The number of anilines is 1. The van der Waals surface area contributed by atoms with Crippen molar-refractivity contribution in [2.24, 2.45) is 0 Å². The van der Waals surface area contributed by atoms with Crippen LogP contribution in [0.2, 0.25) is 0 Å². The first-order valence-corrected chi connectivity index (χ1v) is 9.90. The molecule has 1 aromatic heterocycles. The van der Waals surface area contributed by atoms with Crippen LogP contribution in [-0.4, -0.2) is 47.5 Å². The Morgan fingerprint density at radius 3 is 2.36 bits per heavy atom. The first kappa shape index (κ1) is 21.8. The highest BCUT2D eigenvalue weighted by Gasteiger charge is 2.35. The van der Waals surface area contributed by atoms with E-state index in [0.29, 0.717) is 22.5 Å². The van der Waals surface area contributed by atoms with E-state index in [1.807, 2.05) is 0 Å². The second-order valence-electron chi connectivity index (χ2n) is 7.22. The van der Waals surface area contributed by atoms with Crippen molar-refractivity contribution in [3.63, 3.8) is 0 Å². The summed E-state index contributed by atoms with van der Waals surface area (Å²) in [5, 5.41) is 6.07. The van der Waals surface area contributed by atoms with E-state index in [-0.39, 0.29) is 23.7 Å². The van der Waals surface area contributed by atoms with Crippen LogP contribution in [0.15, 0.2) is 53.1 Å². The Morgan fingerprint density at radius 2 is 1.76 bits per heavy atom. The number of carbonyl (C=O) groups excluding carboxylic acids is 4. The van der Waals surface area contributed by atoms with E-state index in [4.69, 9.17) is 14.0 Å². The van der Waals surface area contributed by atoms with Gasteiger partial charge in [0.1, 0.15) is 17.1 Å². The van der Waals surface area contributed by atoms with Gasteiger partial charge in [-0.25, -0.2) is 4.79 Å². The molecule has 33 heavy (non-hydrogen) atoms. The van der Waals surface area contributed by atoms with Crippen LogP contribution < -0.4 is 10.1 Å². The Bertz CT molecular complexity index is 1230. The number of carbonyl (C=O) groups is 4. The van der Waals surface area contributed by atoms with Crippen LogP contribution in [0.25, 0.3) is 0 Å². The van der Waals surface area contributed by atoms with Crippen molar-refractivity contribution in [2.45, 2.75) is 13.5 Å². The van der Waals surface area contributed by atoms with Gasteiger partial charge in [0.15, 0.2) is 12.4 Å². The maximum absolute atomic E-state index is 12.6. The maximum Gasteiger partial charge on any atom is 0.342 e. The lowest BCUT2D eigenvalue weighted by Crippen LogP contribution is -2.29. The monoisotopic (exact) mass is 449 g/mol. The standard InChI is InChI=1S/C23H19N3O7/c1-13-9-19(25-33-13)24-20(27)12-32-23(30)17-10-14(7-8-18(17)31-2)11-26-21(28)15-5-3-4-6-16(15)22(26)29/h3-10H,11-12H2,1-2H3,(H,24,25,27). The molecule has 0 unspecified atom stereocenters. The molecule has 1 aliphatic rings. The first-order valence-electron chi connectivity index (χ1n) is 9.90. The molecule has 0 saturated carbocycles. The number of aryl methyl sites for hydroxylation is 1.